The number of amides is 2. The number of thiazole rings is 1. The third-order valence-corrected chi connectivity index (χ3v) is 14.6. The number of carbonyl (C=O) groups excluding carboxylic acids is 4. The molecule has 0 spiro atoms. The van der Waals surface area contributed by atoms with Gasteiger partial charge in [0, 0.05) is 11.1 Å². The van der Waals surface area contributed by atoms with Crippen molar-refractivity contribution in [1.29, 1.82) is 5.26 Å². The zero-order valence-corrected chi connectivity index (χ0v) is 44.0. The number of hydrogen-bond acceptors (Lipinski definition) is 13. The molecule has 0 bridgehead atoms. The van der Waals surface area contributed by atoms with Gasteiger partial charge in [-0.25, -0.2) is 14.6 Å². The molecule has 1 saturated heterocycles. The smallest absolute Gasteiger partial charge is 0.356 e. The van der Waals surface area contributed by atoms with Gasteiger partial charge in [-0.2, -0.15) is 5.26 Å². The molecule has 1 aromatic heterocycles. The van der Waals surface area contributed by atoms with Gasteiger partial charge in [-0.1, -0.05) is 181 Å². The monoisotopic (exact) mass is 1050 g/mol. The molecule has 3 heterocycles. The van der Waals surface area contributed by atoms with Crippen molar-refractivity contribution in [3.05, 3.63) is 243 Å². The molecule has 382 valence electrons. The molecule has 1 unspecified atom stereocenters. The molecule has 9 rings (SSSR count). The van der Waals surface area contributed by atoms with Crippen molar-refractivity contribution >= 4 is 63.8 Å². The molecular weight excluding hydrogens is 993 g/mol. The lowest BCUT2D eigenvalue weighted by atomic mass is 9.77. The van der Waals surface area contributed by atoms with Gasteiger partial charge in [0.05, 0.1) is 11.6 Å². The highest BCUT2D eigenvalue weighted by Gasteiger charge is 2.55. The Kier molecular flexibility index (Phi) is 15.5. The van der Waals surface area contributed by atoms with Crippen LogP contribution in [0.15, 0.2) is 204 Å². The van der Waals surface area contributed by atoms with Gasteiger partial charge in [-0.05, 0) is 85.7 Å². The number of β-lactam (4-membered cyclic amide) rings is 1. The van der Waals surface area contributed by atoms with Crippen molar-refractivity contribution in [2.24, 2.45) is 5.16 Å². The van der Waals surface area contributed by atoms with Crippen molar-refractivity contribution in [3.63, 3.8) is 0 Å². The maximum atomic E-state index is 14.9. The second kappa shape index (κ2) is 22.5. The van der Waals surface area contributed by atoms with Crippen LogP contribution >= 0.6 is 23.1 Å². The highest BCUT2D eigenvalue weighted by Crippen LogP contribution is 2.43. The molecule has 2 aliphatic heterocycles. The molecular formula is C61H54N6O7S2. The van der Waals surface area contributed by atoms with Crippen LogP contribution in [0.1, 0.15) is 85.4 Å². The Morgan fingerprint density at radius 3 is 1.79 bits per heavy atom. The Bertz CT molecular complexity index is 3220. The van der Waals surface area contributed by atoms with Crippen molar-refractivity contribution in [2.45, 2.75) is 68.9 Å². The molecule has 2 atom stereocenters. The first kappa shape index (κ1) is 52.3. The fourth-order valence-electron chi connectivity index (χ4n) is 8.77. The summed E-state index contributed by atoms with van der Waals surface area (Å²) in [4.78, 5) is 70.0. The molecule has 2 aliphatic rings. The summed E-state index contributed by atoms with van der Waals surface area (Å²) >= 11 is 2.60. The van der Waals surface area contributed by atoms with E-state index in [9.17, 15) is 24.4 Å². The Balaban J connectivity index is 1.05. The third kappa shape index (κ3) is 11.4. The molecule has 0 aliphatic carbocycles. The van der Waals surface area contributed by atoms with Crippen LogP contribution < -0.4 is 10.6 Å². The van der Waals surface area contributed by atoms with Gasteiger partial charge in [0.1, 0.15) is 33.9 Å². The maximum Gasteiger partial charge on any atom is 0.356 e. The molecule has 7 aromatic rings. The summed E-state index contributed by atoms with van der Waals surface area (Å²) in [5.41, 5.74) is 2.38. The molecule has 2 N–H and O–H groups in total. The van der Waals surface area contributed by atoms with Crippen LogP contribution in [0.2, 0.25) is 0 Å². The van der Waals surface area contributed by atoms with Crippen LogP contribution in [-0.4, -0.2) is 67.7 Å². The van der Waals surface area contributed by atoms with Crippen molar-refractivity contribution in [1.82, 2.24) is 15.2 Å². The summed E-state index contributed by atoms with van der Waals surface area (Å²) in [5, 5.41) is 21.7. The van der Waals surface area contributed by atoms with Crippen molar-refractivity contribution in [3.8, 4) is 6.07 Å². The minimum atomic E-state index is -1.67. The number of carbonyl (C=O) groups is 4. The molecule has 6 aromatic carbocycles. The van der Waals surface area contributed by atoms with E-state index >= 15 is 0 Å². The van der Waals surface area contributed by atoms with E-state index in [0.717, 1.165) is 33.4 Å². The lowest BCUT2D eigenvalue weighted by Gasteiger charge is -2.49. The largest absolute Gasteiger partial charge is 0.457 e. The van der Waals surface area contributed by atoms with Gasteiger partial charge in [0.15, 0.2) is 16.9 Å². The topological polar surface area (TPSA) is 172 Å². The van der Waals surface area contributed by atoms with Crippen LogP contribution in [0, 0.1) is 11.3 Å². The number of allylic oxidation sites excluding steroid dienone is 1. The number of nitrogens with one attached hydrogen (secondary N) is 2. The SMILES string of the molecule is CC(C)(C)OC(=O)C(C)(C)O/N=C(\C(=O)NC1C(=O)N2C(C(=O)OC(c3ccccc3)c3ccccc3)=C(/C=C/c3ccc(C#N)cc3)CS[C@H]12)c1csc(NC(c2ccccc2)(c2ccccc2)c2ccccc2)n1. The average molecular weight is 1050 g/mol. The van der Waals surface area contributed by atoms with Gasteiger partial charge < -0.3 is 24.9 Å². The van der Waals surface area contributed by atoms with E-state index in [-0.39, 0.29) is 22.9 Å². The fourth-order valence-corrected chi connectivity index (χ4v) is 10.8. The minimum Gasteiger partial charge on any atom is -0.457 e. The lowest BCUT2D eigenvalue weighted by Crippen LogP contribution is -2.71. The normalized spacial score (nSPS) is 15.8. The standard InChI is InChI=1S/C61H54N6O7S2/c1-59(2,3)73-57(71)60(4,5)74-66-49(48-39-76-58(63-48)65-61(45-25-15-8-16-26-45,46-27-17-9-18-28-46)47-29-19-10-20-30-47)53(68)64-50-54(69)67-51(44(38-75-55(50)67)36-35-40-31-33-41(37-62)34-32-40)56(70)72-52(42-21-11-6-12-22-42)43-23-13-7-14-24-43/h6-36,39,50,52,55H,38H2,1-5H3,(H,63,65)(H,64,68)/b36-35+,66-49-/t50?,55-/m1/s1. The van der Waals surface area contributed by atoms with E-state index in [1.807, 2.05) is 158 Å². The lowest BCUT2D eigenvalue weighted by molar-refractivity contribution is -0.179. The van der Waals surface area contributed by atoms with Crippen LogP contribution in [0.4, 0.5) is 5.13 Å². The van der Waals surface area contributed by atoms with Gasteiger partial charge in [-0.3, -0.25) is 14.5 Å². The van der Waals surface area contributed by atoms with Crippen molar-refractivity contribution < 1.29 is 33.5 Å². The van der Waals surface area contributed by atoms with Gasteiger partial charge in [0.2, 0.25) is 5.60 Å². The predicted octanol–water partition coefficient (Wildman–Crippen LogP) is 11.0. The Labute approximate surface area is 449 Å². The second-order valence-electron chi connectivity index (χ2n) is 19.5. The highest BCUT2D eigenvalue weighted by atomic mass is 32.2. The Morgan fingerprint density at radius 2 is 1.28 bits per heavy atom. The summed E-state index contributed by atoms with van der Waals surface area (Å²) in [6, 6.07) is 56.6. The number of ether oxygens (including phenoxy) is 2. The first-order valence-electron chi connectivity index (χ1n) is 24.5. The molecule has 2 amide bonds. The number of thioether (sulfide) groups is 1. The number of anilines is 1. The van der Waals surface area contributed by atoms with Crippen LogP contribution in [0.25, 0.3) is 6.08 Å². The van der Waals surface area contributed by atoms with E-state index in [1.54, 1.807) is 56.5 Å². The number of fused-ring (bicyclic) bond motifs is 1. The summed E-state index contributed by atoms with van der Waals surface area (Å²) in [7, 11) is 0. The predicted molar refractivity (Wildman–Crippen MR) is 296 cm³/mol. The number of oxime groups is 1. The van der Waals surface area contributed by atoms with E-state index in [1.165, 1.54) is 41.8 Å². The molecule has 1 fully saturated rings. The number of nitrogens with zero attached hydrogens (tertiary/aromatic N) is 4. The Hall–Kier alpha value is -8.58. The van der Waals surface area contributed by atoms with Crippen LogP contribution in [0.3, 0.4) is 0 Å². The summed E-state index contributed by atoms with van der Waals surface area (Å²) in [6.07, 6.45) is 2.76. The summed E-state index contributed by atoms with van der Waals surface area (Å²) in [6.45, 7) is 8.16. The molecule has 13 nitrogen and oxygen atoms in total. The number of aromatic nitrogens is 1. The van der Waals surface area contributed by atoms with Crippen LogP contribution in [0.5, 0.6) is 0 Å². The summed E-state index contributed by atoms with van der Waals surface area (Å²) < 4.78 is 12.0. The van der Waals surface area contributed by atoms with E-state index in [2.05, 4.69) is 21.9 Å². The Morgan fingerprint density at radius 1 is 0.750 bits per heavy atom. The van der Waals surface area contributed by atoms with Crippen molar-refractivity contribution in [2.75, 3.05) is 11.1 Å². The average Bonchev–Trinajstić information content (AvgIpc) is 3.96. The number of benzene rings is 6. The fraction of sp³-hybridized carbons (Fsp3) is 0.197. The number of nitriles is 1. The van der Waals surface area contributed by atoms with Crippen LogP contribution in [-0.2, 0) is 39.0 Å². The highest BCUT2D eigenvalue weighted by molar-refractivity contribution is 8.00. The van der Waals surface area contributed by atoms with Gasteiger partial charge in [0.25, 0.3) is 11.8 Å². The van der Waals surface area contributed by atoms with Gasteiger partial charge in [-0.15, -0.1) is 23.1 Å². The zero-order valence-electron chi connectivity index (χ0n) is 42.4. The maximum absolute atomic E-state index is 14.9. The number of hydrogen-bond donors (Lipinski definition) is 2. The molecule has 0 saturated carbocycles. The molecule has 76 heavy (non-hydrogen) atoms. The minimum absolute atomic E-state index is 0.0336. The first-order valence-corrected chi connectivity index (χ1v) is 26.5. The number of esters is 2. The zero-order chi connectivity index (χ0) is 53.5. The quantitative estimate of drug-likeness (QED) is 0.0292. The first-order chi connectivity index (χ1) is 36.6. The van der Waals surface area contributed by atoms with E-state index in [0.29, 0.717) is 16.3 Å². The van der Waals surface area contributed by atoms with Gasteiger partial charge >= 0.3 is 11.9 Å². The molecule has 15 heteroatoms. The molecule has 0 radical (unpaired) electrons. The van der Waals surface area contributed by atoms with E-state index < -0.39 is 58.0 Å². The third-order valence-electron chi connectivity index (χ3n) is 12.6. The summed E-state index contributed by atoms with van der Waals surface area (Å²) in [5.74, 6) is -2.57. The number of rotatable bonds is 17. The second-order valence-corrected chi connectivity index (χ2v) is 21.4. The van der Waals surface area contributed by atoms with E-state index in [4.69, 9.17) is 19.3 Å².